The van der Waals surface area contributed by atoms with E-state index in [4.69, 9.17) is 9.47 Å². The van der Waals surface area contributed by atoms with Crippen molar-refractivity contribution < 1.29 is 9.47 Å². The van der Waals surface area contributed by atoms with Gasteiger partial charge < -0.3 is 9.47 Å². The van der Waals surface area contributed by atoms with Gasteiger partial charge in [-0.2, -0.15) is 0 Å². The van der Waals surface area contributed by atoms with Gasteiger partial charge in [-0.1, -0.05) is 47.5 Å². The number of methoxy groups -OCH3 is 2. The third-order valence-electron chi connectivity index (χ3n) is 4.71. The lowest BCUT2D eigenvalue weighted by Crippen LogP contribution is -2.28. The molecule has 0 unspecified atom stereocenters. The molecule has 2 heteroatoms. The Bertz CT molecular complexity index is 409. The quantitative estimate of drug-likeness (QED) is 0.682. The summed E-state index contributed by atoms with van der Waals surface area (Å²) in [5, 5.41) is 0. The highest BCUT2D eigenvalue weighted by Crippen LogP contribution is 2.42. The van der Waals surface area contributed by atoms with Crippen LogP contribution < -0.4 is 9.47 Å². The van der Waals surface area contributed by atoms with E-state index in [1.165, 1.54) is 18.4 Å². The summed E-state index contributed by atoms with van der Waals surface area (Å²) in [7, 11) is 3.40. The monoisotopic (exact) mass is 278 g/mol. The lowest BCUT2D eigenvalue weighted by molar-refractivity contribution is 0.212. The van der Waals surface area contributed by atoms with Gasteiger partial charge in [0.15, 0.2) is 0 Å². The molecule has 114 valence electrons. The zero-order valence-corrected chi connectivity index (χ0v) is 14.2. The zero-order valence-electron chi connectivity index (χ0n) is 14.2. The number of hydrogen-bond acceptors (Lipinski definition) is 2. The molecule has 0 N–H and O–H groups in total. The van der Waals surface area contributed by atoms with Gasteiger partial charge in [0.2, 0.25) is 0 Å². The molecule has 0 atom stereocenters. The Balaban J connectivity index is 3.13. The summed E-state index contributed by atoms with van der Waals surface area (Å²) in [6, 6.07) is 6.20. The minimum absolute atomic E-state index is 0.0998. The predicted octanol–water partition coefficient (Wildman–Crippen LogP) is 5.20. The van der Waals surface area contributed by atoms with E-state index < -0.39 is 0 Å². The molecule has 0 radical (unpaired) electrons. The number of benzene rings is 1. The maximum atomic E-state index is 5.40. The summed E-state index contributed by atoms with van der Waals surface area (Å²) in [4.78, 5) is 0. The number of ether oxygens (including phenoxy) is 2. The Hall–Kier alpha value is -1.18. The maximum Gasteiger partial charge on any atom is 0.122 e. The molecule has 1 aromatic rings. The van der Waals surface area contributed by atoms with Crippen molar-refractivity contribution >= 4 is 0 Å². The van der Waals surface area contributed by atoms with Gasteiger partial charge in [-0.05, 0) is 34.9 Å². The first-order valence-electron chi connectivity index (χ1n) is 7.54. The second kappa shape index (κ2) is 6.51. The van der Waals surface area contributed by atoms with Gasteiger partial charge in [0.05, 0.1) is 14.2 Å². The van der Waals surface area contributed by atoms with Crippen LogP contribution in [0.1, 0.15) is 59.4 Å². The van der Waals surface area contributed by atoms with E-state index in [-0.39, 0.29) is 5.41 Å². The van der Waals surface area contributed by atoms with E-state index in [0.717, 1.165) is 17.9 Å². The smallest absolute Gasteiger partial charge is 0.122 e. The summed E-state index contributed by atoms with van der Waals surface area (Å²) in [6.45, 7) is 11.6. The van der Waals surface area contributed by atoms with Gasteiger partial charge in [0.1, 0.15) is 11.5 Å². The summed E-state index contributed by atoms with van der Waals surface area (Å²) in [6.07, 6.45) is 3.56. The predicted molar refractivity (Wildman–Crippen MR) is 85.9 cm³/mol. The van der Waals surface area contributed by atoms with Gasteiger partial charge in [-0.15, -0.1) is 0 Å². The van der Waals surface area contributed by atoms with Crippen LogP contribution in [0.15, 0.2) is 18.2 Å². The SMILES string of the molecule is CCC(C)(CC)CC(C)(C)c1cc(OC)cc(OC)c1. The molecule has 0 aliphatic carbocycles. The third kappa shape index (κ3) is 3.91. The summed E-state index contributed by atoms with van der Waals surface area (Å²) in [5.41, 5.74) is 1.75. The Morgan fingerprint density at radius 2 is 1.30 bits per heavy atom. The average Bonchev–Trinajstić information content (AvgIpc) is 2.46. The Morgan fingerprint density at radius 3 is 1.65 bits per heavy atom. The molecule has 0 aromatic heterocycles. The number of rotatable bonds is 7. The van der Waals surface area contributed by atoms with Crippen molar-refractivity contribution in [3.05, 3.63) is 23.8 Å². The Kier molecular flexibility index (Phi) is 5.50. The van der Waals surface area contributed by atoms with Crippen LogP contribution in [0.2, 0.25) is 0 Å². The molecule has 0 bridgehead atoms. The molecule has 1 rings (SSSR count). The van der Waals surface area contributed by atoms with Gasteiger partial charge in [-0.3, -0.25) is 0 Å². The molecule has 0 spiro atoms. The second-order valence-corrected chi connectivity index (χ2v) is 6.68. The lowest BCUT2D eigenvalue weighted by atomic mass is 9.68. The molecule has 0 aliphatic heterocycles. The molecule has 0 heterocycles. The van der Waals surface area contributed by atoms with E-state index in [9.17, 15) is 0 Å². The van der Waals surface area contributed by atoms with Gasteiger partial charge >= 0.3 is 0 Å². The fourth-order valence-corrected chi connectivity index (χ4v) is 2.87. The molecule has 0 amide bonds. The van der Waals surface area contributed by atoms with E-state index in [2.05, 4.69) is 46.8 Å². The van der Waals surface area contributed by atoms with Crippen molar-refractivity contribution in [2.45, 2.75) is 59.3 Å². The molecule has 0 saturated carbocycles. The van der Waals surface area contributed by atoms with Crippen LogP contribution in [0.4, 0.5) is 0 Å². The standard InChI is InChI=1S/C18H30O2/c1-8-18(5,9-2)13-17(3,4)14-10-15(19-6)12-16(11-14)20-7/h10-12H,8-9,13H2,1-7H3. The third-order valence-corrected chi connectivity index (χ3v) is 4.71. The normalized spacial score (nSPS) is 12.3. The fourth-order valence-electron chi connectivity index (χ4n) is 2.87. The fraction of sp³-hybridized carbons (Fsp3) is 0.667. The molecular weight excluding hydrogens is 248 g/mol. The van der Waals surface area contributed by atoms with Crippen molar-refractivity contribution in [2.24, 2.45) is 5.41 Å². The van der Waals surface area contributed by atoms with E-state index in [0.29, 0.717) is 5.41 Å². The molecular formula is C18H30O2. The van der Waals surface area contributed by atoms with Crippen molar-refractivity contribution in [1.82, 2.24) is 0 Å². The van der Waals surface area contributed by atoms with E-state index >= 15 is 0 Å². The summed E-state index contributed by atoms with van der Waals surface area (Å²) in [5.74, 6) is 1.73. The van der Waals surface area contributed by atoms with Gasteiger partial charge in [0, 0.05) is 6.07 Å². The van der Waals surface area contributed by atoms with Crippen LogP contribution in [0.25, 0.3) is 0 Å². The van der Waals surface area contributed by atoms with E-state index in [1.54, 1.807) is 14.2 Å². The van der Waals surface area contributed by atoms with Crippen molar-refractivity contribution in [1.29, 1.82) is 0 Å². The molecule has 1 aromatic carbocycles. The van der Waals surface area contributed by atoms with Crippen LogP contribution >= 0.6 is 0 Å². The molecule has 0 saturated heterocycles. The molecule has 0 aliphatic rings. The Morgan fingerprint density at radius 1 is 0.850 bits per heavy atom. The minimum Gasteiger partial charge on any atom is -0.497 e. The molecule has 2 nitrogen and oxygen atoms in total. The first-order valence-corrected chi connectivity index (χ1v) is 7.54. The van der Waals surface area contributed by atoms with Crippen LogP contribution in [-0.2, 0) is 5.41 Å². The minimum atomic E-state index is 0.0998. The molecule has 20 heavy (non-hydrogen) atoms. The highest BCUT2D eigenvalue weighted by molar-refractivity contribution is 5.41. The average molecular weight is 278 g/mol. The highest BCUT2D eigenvalue weighted by Gasteiger charge is 2.31. The first-order chi connectivity index (χ1) is 9.30. The zero-order chi connectivity index (χ0) is 15.4. The maximum absolute atomic E-state index is 5.40. The topological polar surface area (TPSA) is 18.5 Å². The largest absolute Gasteiger partial charge is 0.497 e. The second-order valence-electron chi connectivity index (χ2n) is 6.68. The van der Waals surface area contributed by atoms with Gasteiger partial charge in [-0.25, -0.2) is 0 Å². The van der Waals surface area contributed by atoms with Crippen molar-refractivity contribution in [3.63, 3.8) is 0 Å². The van der Waals surface area contributed by atoms with Crippen molar-refractivity contribution in [3.8, 4) is 11.5 Å². The van der Waals surface area contributed by atoms with Crippen molar-refractivity contribution in [2.75, 3.05) is 14.2 Å². The van der Waals surface area contributed by atoms with E-state index in [1.807, 2.05) is 6.07 Å². The first kappa shape index (κ1) is 16.9. The van der Waals surface area contributed by atoms with Crippen LogP contribution in [0.5, 0.6) is 11.5 Å². The highest BCUT2D eigenvalue weighted by atomic mass is 16.5. The van der Waals surface area contributed by atoms with Crippen LogP contribution in [0.3, 0.4) is 0 Å². The summed E-state index contributed by atoms with van der Waals surface area (Å²) >= 11 is 0. The lowest BCUT2D eigenvalue weighted by Gasteiger charge is -2.37. The van der Waals surface area contributed by atoms with Gasteiger partial charge in [0.25, 0.3) is 0 Å². The summed E-state index contributed by atoms with van der Waals surface area (Å²) < 4.78 is 10.8. The Labute approximate surface area is 124 Å². The number of hydrogen-bond donors (Lipinski definition) is 0. The van der Waals surface area contributed by atoms with Crippen LogP contribution in [-0.4, -0.2) is 14.2 Å². The molecule has 0 fully saturated rings. The van der Waals surface area contributed by atoms with Crippen LogP contribution in [0, 0.1) is 5.41 Å².